The van der Waals surface area contributed by atoms with Crippen molar-refractivity contribution in [2.24, 2.45) is 5.73 Å². The predicted octanol–water partition coefficient (Wildman–Crippen LogP) is 10.9. The van der Waals surface area contributed by atoms with E-state index in [0.717, 1.165) is 77.0 Å². The SMILES string of the molecule is CCCC/C=C\CCCCCCCC(=O)O[C@H](COC(=O)CCCCC/C=C\C/C=C\C/C=C\C/C=C\CCCCC)COP(=O)(O)OCCN. The molecule has 0 aliphatic heterocycles. The average Bonchev–Trinajstić information content (AvgIpc) is 3.11. The number of allylic oxidation sites excluding steroid dienone is 10. The Hall–Kier alpha value is -2.29. The van der Waals surface area contributed by atoms with Crippen LogP contribution in [0.15, 0.2) is 60.8 Å². The van der Waals surface area contributed by atoms with Crippen molar-refractivity contribution in [1.29, 1.82) is 0 Å². The van der Waals surface area contributed by atoms with E-state index in [9.17, 15) is 19.0 Å². The van der Waals surface area contributed by atoms with Gasteiger partial charge in [-0.15, -0.1) is 0 Å². The molecule has 0 spiro atoms. The third-order valence-corrected chi connectivity index (χ3v) is 8.86. The van der Waals surface area contributed by atoms with Crippen LogP contribution in [0.5, 0.6) is 0 Å². The maximum Gasteiger partial charge on any atom is 0.472 e. The van der Waals surface area contributed by atoms with Crippen molar-refractivity contribution in [3.8, 4) is 0 Å². The van der Waals surface area contributed by atoms with Crippen LogP contribution in [0, 0.1) is 0 Å². The molecule has 0 radical (unpaired) electrons. The Bertz CT molecular complexity index is 1020. The smallest absolute Gasteiger partial charge is 0.462 e. The zero-order valence-electron chi connectivity index (χ0n) is 32.1. The van der Waals surface area contributed by atoms with E-state index in [0.29, 0.717) is 12.8 Å². The molecule has 0 aromatic carbocycles. The van der Waals surface area contributed by atoms with Crippen LogP contribution in [0.4, 0.5) is 0 Å². The van der Waals surface area contributed by atoms with Gasteiger partial charge in [0.2, 0.25) is 0 Å². The average molecular weight is 738 g/mol. The van der Waals surface area contributed by atoms with Crippen LogP contribution in [0.1, 0.15) is 155 Å². The summed E-state index contributed by atoms with van der Waals surface area (Å²) in [4.78, 5) is 34.7. The fraction of sp³-hybridized carbons (Fsp3) is 0.707. The summed E-state index contributed by atoms with van der Waals surface area (Å²) in [6.45, 7) is 3.59. The van der Waals surface area contributed by atoms with Crippen molar-refractivity contribution in [2.75, 3.05) is 26.4 Å². The molecule has 10 heteroatoms. The Morgan fingerprint density at radius 3 is 1.61 bits per heavy atom. The normalized spacial score (nSPS) is 14.0. The monoisotopic (exact) mass is 737 g/mol. The molecule has 0 saturated heterocycles. The molecule has 2 atom stereocenters. The molecule has 0 rings (SSSR count). The van der Waals surface area contributed by atoms with Gasteiger partial charge in [0.15, 0.2) is 6.10 Å². The zero-order valence-corrected chi connectivity index (χ0v) is 33.0. The summed E-state index contributed by atoms with van der Waals surface area (Å²) >= 11 is 0. The Labute approximate surface area is 310 Å². The van der Waals surface area contributed by atoms with Crippen LogP contribution >= 0.6 is 7.82 Å². The first-order valence-electron chi connectivity index (χ1n) is 19.8. The summed E-state index contributed by atoms with van der Waals surface area (Å²) in [7, 11) is -4.38. The van der Waals surface area contributed by atoms with Gasteiger partial charge in [-0.2, -0.15) is 0 Å². The predicted molar refractivity (Wildman–Crippen MR) is 210 cm³/mol. The van der Waals surface area contributed by atoms with Crippen molar-refractivity contribution < 1.29 is 37.6 Å². The molecule has 0 aliphatic rings. The molecule has 0 aliphatic carbocycles. The molecule has 0 aromatic heterocycles. The van der Waals surface area contributed by atoms with Gasteiger partial charge in [0.1, 0.15) is 6.61 Å². The second-order valence-corrected chi connectivity index (χ2v) is 14.2. The number of unbranched alkanes of at least 4 members (excludes halogenated alkanes) is 13. The van der Waals surface area contributed by atoms with Gasteiger partial charge < -0.3 is 20.1 Å². The van der Waals surface area contributed by atoms with Crippen molar-refractivity contribution in [1.82, 2.24) is 0 Å². The lowest BCUT2D eigenvalue weighted by molar-refractivity contribution is -0.161. The minimum Gasteiger partial charge on any atom is -0.462 e. The quantitative estimate of drug-likeness (QED) is 0.0279. The fourth-order valence-corrected chi connectivity index (χ4v) is 5.66. The third kappa shape index (κ3) is 37.3. The van der Waals surface area contributed by atoms with E-state index in [-0.39, 0.29) is 32.6 Å². The number of carbonyl (C=O) groups excluding carboxylic acids is 2. The highest BCUT2D eigenvalue weighted by atomic mass is 31.2. The maximum atomic E-state index is 12.5. The van der Waals surface area contributed by atoms with Crippen molar-refractivity contribution in [3.05, 3.63) is 60.8 Å². The Morgan fingerprint density at radius 1 is 0.588 bits per heavy atom. The van der Waals surface area contributed by atoms with Gasteiger partial charge >= 0.3 is 19.8 Å². The minimum atomic E-state index is -4.38. The van der Waals surface area contributed by atoms with E-state index in [2.05, 4.69) is 74.6 Å². The van der Waals surface area contributed by atoms with Crippen molar-refractivity contribution >= 4 is 19.8 Å². The summed E-state index contributed by atoms with van der Waals surface area (Å²) in [6, 6.07) is 0. The molecule has 9 nitrogen and oxygen atoms in total. The number of ether oxygens (including phenoxy) is 2. The highest BCUT2D eigenvalue weighted by molar-refractivity contribution is 7.47. The lowest BCUT2D eigenvalue weighted by Crippen LogP contribution is -2.29. The van der Waals surface area contributed by atoms with Crippen LogP contribution in [0.25, 0.3) is 0 Å². The molecule has 0 fully saturated rings. The number of hydrogen-bond acceptors (Lipinski definition) is 8. The molecule has 0 bridgehead atoms. The number of phosphoric acid groups is 1. The largest absolute Gasteiger partial charge is 0.472 e. The molecule has 0 aromatic rings. The minimum absolute atomic E-state index is 0.0448. The summed E-state index contributed by atoms with van der Waals surface area (Å²) in [5.74, 6) is -0.883. The highest BCUT2D eigenvalue weighted by Crippen LogP contribution is 2.43. The second kappa shape index (κ2) is 37.5. The number of hydrogen-bond donors (Lipinski definition) is 2. The number of esters is 2. The topological polar surface area (TPSA) is 134 Å². The van der Waals surface area contributed by atoms with E-state index < -0.39 is 32.5 Å². The maximum absolute atomic E-state index is 12.5. The van der Waals surface area contributed by atoms with Gasteiger partial charge in [-0.1, -0.05) is 126 Å². The summed E-state index contributed by atoms with van der Waals surface area (Å²) in [5, 5.41) is 0. The molecule has 1 unspecified atom stereocenters. The van der Waals surface area contributed by atoms with E-state index in [1.54, 1.807) is 0 Å². The van der Waals surface area contributed by atoms with Crippen LogP contribution in [-0.2, 0) is 32.7 Å². The van der Waals surface area contributed by atoms with E-state index >= 15 is 0 Å². The standard InChI is InChI=1S/C41H72NO8P/c1-3-5-7-9-11-13-15-16-17-18-19-20-21-22-24-25-27-29-31-33-40(43)47-37-39(38-49-51(45,46)48-36-35-42)50-41(44)34-32-30-28-26-23-14-12-10-8-6-4-2/h10-13,16-17,19-20,22,24,39H,3-9,14-15,18,21,23,25-38,42H2,1-2H3,(H,45,46)/b12-10-,13-11-,17-16-,20-19-,24-22-/t39-/m1/s1. The van der Waals surface area contributed by atoms with Crippen molar-refractivity contribution in [3.63, 3.8) is 0 Å². The number of phosphoric ester groups is 1. The van der Waals surface area contributed by atoms with Crippen molar-refractivity contribution in [2.45, 2.75) is 161 Å². The summed E-state index contributed by atoms with van der Waals surface area (Å²) < 4.78 is 32.6. The summed E-state index contributed by atoms with van der Waals surface area (Å²) in [6.07, 6.45) is 42.5. The number of nitrogens with two attached hydrogens (primary N) is 1. The van der Waals surface area contributed by atoms with E-state index in [1.165, 1.54) is 38.5 Å². The summed E-state index contributed by atoms with van der Waals surface area (Å²) in [5.41, 5.74) is 5.33. The van der Waals surface area contributed by atoms with Gasteiger partial charge in [-0.05, 0) is 77.0 Å². The molecule has 294 valence electrons. The van der Waals surface area contributed by atoms with Crippen LogP contribution in [-0.4, -0.2) is 49.3 Å². The first kappa shape index (κ1) is 48.7. The Morgan fingerprint density at radius 2 is 1.04 bits per heavy atom. The van der Waals surface area contributed by atoms with Crippen LogP contribution in [0.3, 0.4) is 0 Å². The lowest BCUT2D eigenvalue weighted by atomic mass is 10.1. The number of rotatable bonds is 36. The van der Waals surface area contributed by atoms with E-state index in [1.807, 2.05) is 0 Å². The lowest BCUT2D eigenvalue weighted by Gasteiger charge is -2.19. The Kier molecular flexibility index (Phi) is 35.8. The Balaban J connectivity index is 4.26. The molecule has 0 saturated carbocycles. The first-order chi connectivity index (χ1) is 24.8. The van der Waals surface area contributed by atoms with Crippen LogP contribution in [0.2, 0.25) is 0 Å². The van der Waals surface area contributed by atoms with E-state index in [4.69, 9.17) is 24.3 Å². The van der Waals surface area contributed by atoms with Gasteiger partial charge in [0.05, 0.1) is 13.2 Å². The van der Waals surface area contributed by atoms with Crippen LogP contribution < -0.4 is 5.73 Å². The second-order valence-electron chi connectivity index (χ2n) is 12.8. The molecular formula is C41H72NO8P. The highest BCUT2D eigenvalue weighted by Gasteiger charge is 2.25. The molecule has 3 N–H and O–H groups in total. The zero-order chi connectivity index (χ0) is 37.5. The first-order valence-corrected chi connectivity index (χ1v) is 21.3. The molecule has 51 heavy (non-hydrogen) atoms. The molecular weight excluding hydrogens is 665 g/mol. The fourth-order valence-electron chi connectivity index (χ4n) is 4.89. The van der Waals surface area contributed by atoms with Gasteiger partial charge in [-0.3, -0.25) is 18.6 Å². The number of carbonyl (C=O) groups is 2. The van der Waals surface area contributed by atoms with Gasteiger partial charge in [0.25, 0.3) is 0 Å². The third-order valence-electron chi connectivity index (χ3n) is 7.88. The van der Waals surface area contributed by atoms with Gasteiger partial charge in [0, 0.05) is 19.4 Å². The molecule has 0 heterocycles. The molecule has 0 amide bonds. The van der Waals surface area contributed by atoms with Gasteiger partial charge in [-0.25, -0.2) is 4.57 Å².